The second-order valence-corrected chi connectivity index (χ2v) is 9.79. The molecule has 0 aromatic heterocycles. The van der Waals surface area contributed by atoms with E-state index in [9.17, 15) is 9.59 Å². The number of thiocarbonyl (C=S) groups is 1. The van der Waals surface area contributed by atoms with Crippen LogP contribution < -0.4 is 19.1 Å². The summed E-state index contributed by atoms with van der Waals surface area (Å²) in [6.45, 7) is 2.46. The van der Waals surface area contributed by atoms with Gasteiger partial charge >= 0.3 is 5.97 Å². The summed E-state index contributed by atoms with van der Waals surface area (Å²) < 4.78 is 22.1. The van der Waals surface area contributed by atoms with Gasteiger partial charge in [0, 0.05) is 0 Å². The van der Waals surface area contributed by atoms with E-state index < -0.39 is 5.97 Å². The first-order chi connectivity index (χ1) is 20.4. The molecular weight excluding hydrogens is 552 g/mol. The second kappa shape index (κ2) is 12.7. The van der Waals surface area contributed by atoms with E-state index in [2.05, 4.69) is 24.3 Å². The van der Waals surface area contributed by atoms with Crippen molar-refractivity contribution in [2.75, 3.05) is 32.3 Å². The highest BCUT2D eigenvalue weighted by molar-refractivity contribution is 7.80. The Kier molecular flexibility index (Phi) is 8.68. The number of benzene rings is 4. The van der Waals surface area contributed by atoms with Crippen LogP contribution in [0.5, 0.6) is 17.2 Å². The molecule has 1 saturated heterocycles. The predicted octanol–water partition coefficient (Wildman–Crippen LogP) is 5.97. The van der Waals surface area contributed by atoms with Crippen molar-refractivity contribution in [3.63, 3.8) is 0 Å². The van der Waals surface area contributed by atoms with E-state index in [0.29, 0.717) is 41.7 Å². The van der Waals surface area contributed by atoms with Gasteiger partial charge in [0.15, 0.2) is 16.6 Å². The van der Waals surface area contributed by atoms with E-state index in [0.717, 1.165) is 10.9 Å². The molecule has 42 heavy (non-hydrogen) atoms. The zero-order valence-electron chi connectivity index (χ0n) is 23.5. The lowest BCUT2D eigenvalue weighted by Crippen LogP contribution is -2.35. The summed E-state index contributed by atoms with van der Waals surface area (Å²) in [4.78, 5) is 28.8. The summed E-state index contributed by atoms with van der Waals surface area (Å²) in [5.74, 6) is 0.854. The Balaban J connectivity index is 1.43. The van der Waals surface area contributed by atoms with Crippen LogP contribution in [0.15, 0.2) is 90.6 Å². The van der Waals surface area contributed by atoms with Gasteiger partial charge in [-0.25, -0.2) is 0 Å². The Morgan fingerprint density at radius 3 is 2.36 bits per heavy atom. The number of esters is 1. The number of methoxy groups -OCH3 is 2. The summed E-state index contributed by atoms with van der Waals surface area (Å²) in [7, 11) is 2.86. The topological polar surface area (TPSA) is 77.5 Å². The zero-order chi connectivity index (χ0) is 29.6. The van der Waals surface area contributed by atoms with Crippen molar-refractivity contribution in [1.29, 1.82) is 0 Å². The van der Waals surface area contributed by atoms with Crippen molar-refractivity contribution in [1.82, 2.24) is 4.90 Å². The predicted molar refractivity (Wildman–Crippen MR) is 166 cm³/mol. The van der Waals surface area contributed by atoms with E-state index in [4.69, 9.17) is 31.2 Å². The van der Waals surface area contributed by atoms with Crippen molar-refractivity contribution in [3.05, 3.63) is 102 Å². The molecule has 1 aliphatic rings. The van der Waals surface area contributed by atoms with E-state index >= 15 is 0 Å². The van der Waals surface area contributed by atoms with E-state index in [1.54, 1.807) is 43.5 Å². The number of nitrogens with zero attached hydrogens (tertiary/aromatic N) is 2. The minimum Gasteiger partial charge on any atom is -0.497 e. The Morgan fingerprint density at radius 1 is 0.881 bits per heavy atom. The molecule has 0 radical (unpaired) electrons. The summed E-state index contributed by atoms with van der Waals surface area (Å²) in [5.41, 5.74) is 2.49. The first-order valence-electron chi connectivity index (χ1n) is 13.4. The van der Waals surface area contributed by atoms with Gasteiger partial charge in [-0.15, -0.1) is 0 Å². The average Bonchev–Trinajstić information content (AvgIpc) is 3.24. The molecule has 0 aliphatic carbocycles. The van der Waals surface area contributed by atoms with Crippen LogP contribution in [0.2, 0.25) is 0 Å². The van der Waals surface area contributed by atoms with Gasteiger partial charge in [-0.2, -0.15) is 0 Å². The molecule has 1 aliphatic heterocycles. The summed E-state index contributed by atoms with van der Waals surface area (Å²) in [6.07, 6.45) is 1.68. The number of anilines is 1. The van der Waals surface area contributed by atoms with Crippen LogP contribution in [0.4, 0.5) is 5.69 Å². The summed E-state index contributed by atoms with van der Waals surface area (Å²) in [6, 6.07) is 26.8. The maximum Gasteiger partial charge on any atom is 0.325 e. The number of hydrogen-bond donors (Lipinski definition) is 0. The molecule has 5 rings (SSSR count). The molecule has 0 bridgehead atoms. The number of ether oxygens (including phenoxy) is 4. The maximum atomic E-state index is 13.7. The van der Waals surface area contributed by atoms with E-state index in [-0.39, 0.29) is 23.3 Å². The minimum atomic E-state index is -0.528. The monoisotopic (exact) mass is 582 g/mol. The Labute approximate surface area is 249 Å². The molecule has 0 saturated carbocycles. The molecule has 4 aromatic rings. The number of carbonyl (C=O) groups excluding carboxylic acids is 2. The van der Waals surface area contributed by atoms with Gasteiger partial charge in [0.1, 0.15) is 24.6 Å². The van der Waals surface area contributed by atoms with Gasteiger partial charge in [-0.05, 0) is 89.6 Å². The molecule has 4 aromatic carbocycles. The van der Waals surface area contributed by atoms with Crippen LogP contribution in [-0.2, 0) is 20.9 Å². The third-order valence-electron chi connectivity index (χ3n) is 6.76. The lowest BCUT2D eigenvalue weighted by atomic mass is 10.1. The minimum absolute atomic E-state index is 0.169. The van der Waals surface area contributed by atoms with E-state index in [1.165, 1.54) is 22.3 Å². The summed E-state index contributed by atoms with van der Waals surface area (Å²) in [5, 5.41) is 2.48. The average molecular weight is 583 g/mol. The molecule has 0 N–H and O–H groups in total. The lowest BCUT2D eigenvalue weighted by Gasteiger charge is -2.19. The third kappa shape index (κ3) is 6.06. The first-order valence-corrected chi connectivity index (χ1v) is 13.8. The molecule has 1 heterocycles. The van der Waals surface area contributed by atoms with E-state index in [1.807, 2.05) is 37.3 Å². The molecule has 0 atom stereocenters. The van der Waals surface area contributed by atoms with Gasteiger partial charge in [0.25, 0.3) is 5.91 Å². The van der Waals surface area contributed by atoms with Crippen molar-refractivity contribution in [2.45, 2.75) is 13.5 Å². The molecule has 214 valence electrons. The van der Waals surface area contributed by atoms with Gasteiger partial charge in [-0.3, -0.25) is 14.5 Å². The van der Waals surface area contributed by atoms with Gasteiger partial charge in [-0.1, -0.05) is 42.5 Å². The molecule has 9 heteroatoms. The number of carbonyl (C=O) groups is 2. The molecule has 8 nitrogen and oxygen atoms in total. The van der Waals surface area contributed by atoms with Crippen molar-refractivity contribution < 1.29 is 28.5 Å². The van der Waals surface area contributed by atoms with Crippen LogP contribution in [0.25, 0.3) is 16.8 Å². The SMILES string of the molecule is CCOc1cc(/C=C2/C(=O)N(c3ccc(OC)cc3)C(=S)N2CC(=O)OC)ccc1OCc1ccc2ccccc2c1. The number of amides is 1. The standard InChI is InChI=1S/C33H30N2O6S/c1-4-40-30-19-22(10-16-29(30)41-21-23-9-11-24-7-5-6-8-25(24)17-23)18-28-32(37)35(26-12-14-27(38-2)15-13-26)33(42)34(28)20-31(36)39-3/h5-19H,4,20-21H2,1-3H3/b28-18-. The zero-order valence-corrected chi connectivity index (χ0v) is 24.4. The number of hydrogen-bond acceptors (Lipinski definition) is 7. The fourth-order valence-corrected chi connectivity index (χ4v) is 4.99. The molecular formula is C33H30N2O6S. The fraction of sp³-hybridized carbons (Fsp3) is 0.182. The first kappa shape index (κ1) is 28.6. The van der Waals surface area contributed by atoms with Crippen molar-refractivity contribution in [3.8, 4) is 17.2 Å². The van der Waals surface area contributed by atoms with Crippen molar-refractivity contribution >= 4 is 51.7 Å². The highest BCUT2D eigenvalue weighted by Gasteiger charge is 2.40. The fourth-order valence-electron chi connectivity index (χ4n) is 4.64. The molecule has 1 amide bonds. The van der Waals surface area contributed by atoms with Crippen LogP contribution >= 0.6 is 12.2 Å². The van der Waals surface area contributed by atoms with Crippen molar-refractivity contribution in [2.24, 2.45) is 0 Å². The Bertz CT molecular complexity index is 1670. The third-order valence-corrected chi connectivity index (χ3v) is 7.16. The molecule has 0 spiro atoms. The lowest BCUT2D eigenvalue weighted by molar-refractivity contribution is -0.140. The quantitative estimate of drug-likeness (QED) is 0.129. The van der Waals surface area contributed by atoms with Crippen LogP contribution in [0.1, 0.15) is 18.1 Å². The maximum absolute atomic E-state index is 13.7. The molecule has 0 unspecified atom stereocenters. The largest absolute Gasteiger partial charge is 0.497 e. The number of rotatable bonds is 10. The normalized spacial score (nSPS) is 14.0. The highest BCUT2D eigenvalue weighted by atomic mass is 32.1. The van der Waals surface area contributed by atoms with Crippen LogP contribution in [0.3, 0.4) is 0 Å². The van der Waals surface area contributed by atoms with Gasteiger partial charge < -0.3 is 23.8 Å². The number of fused-ring (bicyclic) bond motifs is 1. The smallest absolute Gasteiger partial charge is 0.325 e. The Morgan fingerprint density at radius 2 is 1.64 bits per heavy atom. The van der Waals surface area contributed by atoms with Crippen LogP contribution in [0, 0.1) is 0 Å². The second-order valence-electron chi connectivity index (χ2n) is 9.42. The summed E-state index contributed by atoms with van der Waals surface area (Å²) >= 11 is 5.65. The van der Waals surface area contributed by atoms with Gasteiger partial charge in [0.2, 0.25) is 0 Å². The molecule has 1 fully saturated rings. The van der Waals surface area contributed by atoms with Gasteiger partial charge in [0.05, 0.1) is 26.5 Å². The van der Waals surface area contributed by atoms with Crippen LogP contribution in [-0.4, -0.2) is 49.3 Å². The highest BCUT2D eigenvalue weighted by Crippen LogP contribution is 2.33. The Hall–Kier alpha value is -4.89.